The highest BCUT2D eigenvalue weighted by atomic mass is 35.5. The summed E-state index contributed by atoms with van der Waals surface area (Å²) >= 11 is 6.05. The number of methoxy groups -OCH3 is 1. The van der Waals surface area contributed by atoms with Crippen molar-refractivity contribution in [2.45, 2.75) is 38.5 Å². The molecule has 0 amide bonds. The molecule has 37 heavy (non-hydrogen) atoms. The molecule has 1 N–H and O–H groups in total. The Kier molecular flexibility index (Phi) is 9.68. The predicted molar refractivity (Wildman–Crippen MR) is 143 cm³/mol. The van der Waals surface area contributed by atoms with Crippen molar-refractivity contribution in [3.8, 4) is 17.2 Å². The average Bonchev–Trinajstić information content (AvgIpc) is 3.27. The van der Waals surface area contributed by atoms with Gasteiger partial charge in [-0.05, 0) is 42.3 Å². The van der Waals surface area contributed by atoms with Crippen molar-refractivity contribution in [2.24, 2.45) is 0 Å². The van der Waals surface area contributed by atoms with Crippen molar-refractivity contribution in [2.75, 3.05) is 46.6 Å². The van der Waals surface area contributed by atoms with Crippen molar-refractivity contribution in [3.63, 3.8) is 0 Å². The van der Waals surface area contributed by atoms with Gasteiger partial charge in [0.15, 0.2) is 11.5 Å². The SMILES string of the molecule is CCc1nccn1CCCOc1ccc(CN2CCOC[C@@](O)(COc3cccc(Cl)c3)C2)cc1OC. The maximum atomic E-state index is 11.2. The Morgan fingerprint density at radius 3 is 2.86 bits per heavy atom. The Labute approximate surface area is 223 Å². The molecule has 4 rings (SSSR count). The van der Waals surface area contributed by atoms with Crippen LogP contribution in [0.25, 0.3) is 0 Å². The zero-order chi connectivity index (χ0) is 26.1. The minimum atomic E-state index is -1.14. The minimum Gasteiger partial charge on any atom is -0.493 e. The largest absolute Gasteiger partial charge is 0.493 e. The lowest BCUT2D eigenvalue weighted by molar-refractivity contribution is -0.0646. The number of hydrogen-bond donors (Lipinski definition) is 1. The first-order valence-corrected chi connectivity index (χ1v) is 13.1. The molecule has 0 saturated carbocycles. The number of halogens is 1. The van der Waals surface area contributed by atoms with E-state index in [1.807, 2.05) is 42.7 Å². The maximum absolute atomic E-state index is 11.2. The van der Waals surface area contributed by atoms with E-state index in [0.717, 1.165) is 36.5 Å². The van der Waals surface area contributed by atoms with Gasteiger partial charge in [0.05, 0.1) is 26.9 Å². The predicted octanol–water partition coefficient (Wildman–Crippen LogP) is 4.22. The Balaban J connectivity index is 1.31. The molecule has 1 aliphatic heterocycles. The van der Waals surface area contributed by atoms with Gasteiger partial charge < -0.3 is 28.6 Å². The summed E-state index contributed by atoms with van der Waals surface area (Å²) in [5, 5.41) is 11.8. The molecule has 3 aromatic rings. The molecule has 0 unspecified atom stereocenters. The summed E-state index contributed by atoms with van der Waals surface area (Å²) in [6.45, 7) is 6.17. The van der Waals surface area contributed by atoms with E-state index in [9.17, 15) is 5.11 Å². The molecule has 2 aromatic carbocycles. The molecule has 0 spiro atoms. The van der Waals surface area contributed by atoms with E-state index in [1.165, 1.54) is 0 Å². The van der Waals surface area contributed by atoms with E-state index in [-0.39, 0.29) is 13.2 Å². The first-order valence-electron chi connectivity index (χ1n) is 12.7. The summed E-state index contributed by atoms with van der Waals surface area (Å²) in [6, 6.07) is 13.1. The van der Waals surface area contributed by atoms with Gasteiger partial charge >= 0.3 is 0 Å². The first kappa shape index (κ1) is 27.3. The monoisotopic (exact) mass is 529 g/mol. The van der Waals surface area contributed by atoms with Crippen LogP contribution < -0.4 is 14.2 Å². The fourth-order valence-corrected chi connectivity index (χ4v) is 4.64. The number of hydrogen-bond acceptors (Lipinski definition) is 7. The van der Waals surface area contributed by atoms with E-state index in [4.69, 9.17) is 30.5 Å². The van der Waals surface area contributed by atoms with Gasteiger partial charge in [-0.25, -0.2) is 4.98 Å². The summed E-state index contributed by atoms with van der Waals surface area (Å²) in [6.07, 6.45) is 5.63. The van der Waals surface area contributed by atoms with Gasteiger partial charge in [-0.2, -0.15) is 0 Å². The van der Waals surface area contributed by atoms with E-state index in [0.29, 0.717) is 49.4 Å². The molecule has 1 aromatic heterocycles. The second kappa shape index (κ2) is 13.1. The van der Waals surface area contributed by atoms with Crippen LogP contribution >= 0.6 is 11.6 Å². The van der Waals surface area contributed by atoms with Gasteiger partial charge in [-0.3, -0.25) is 4.90 Å². The highest BCUT2D eigenvalue weighted by Gasteiger charge is 2.33. The number of imidazole rings is 1. The lowest BCUT2D eigenvalue weighted by atomic mass is 10.1. The second-order valence-electron chi connectivity index (χ2n) is 9.31. The highest BCUT2D eigenvalue weighted by Crippen LogP contribution is 2.29. The Hall–Kier alpha value is -2.78. The van der Waals surface area contributed by atoms with Crippen LogP contribution in [0.2, 0.25) is 5.02 Å². The second-order valence-corrected chi connectivity index (χ2v) is 9.75. The summed E-state index contributed by atoms with van der Waals surface area (Å²) in [5.41, 5.74) is -0.0750. The Bertz CT molecular complexity index is 1140. The van der Waals surface area contributed by atoms with Crippen LogP contribution in [0.15, 0.2) is 54.9 Å². The lowest BCUT2D eigenvalue weighted by Crippen LogP contribution is -2.48. The molecular weight excluding hydrogens is 494 g/mol. The molecule has 0 radical (unpaired) electrons. The van der Waals surface area contributed by atoms with Gasteiger partial charge in [0.1, 0.15) is 23.8 Å². The molecule has 9 heteroatoms. The molecule has 1 saturated heterocycles. The Morgan fingerprint density at radius 2 is 2.05 bits per heavy atom. The maximum Gasteiger partial charge on any atom is 0.161 e. The van der Waals surface area contributed by atoms with Crippen LogP contribution in [0.3, 0.4) is 0 Å². The smallest absolute Gasteiger partial charge is 0.161 e. The molecule has 1 fully saturated rings. The van der Waals surface area contributed by atoms with Crippen LogP contribution in [0.4, 0.5) is 0 Å². The molecule has 1 aliphatic rings. The number of aromatic nitrogens is 2. The molecule has 0 aliphatic carbocycles. The van der Waals surface area contributed by atoms with Crippen LogP contribution in [-0.2, 0) is 24.2 Å². The number of aryl methyl sites for hydroxylation is 2. The molecule has 2 heterocycles. The van der Waals surface area contributed by atoms with Gasteiger partial charge in [-0.1, -0.05) is 30.7 Å². The highest BCUT2D eigenvalue weighted by molar-refractivity contribution is 6.30. The lowest BCUT2D eigenvalue weighted by Gasteiger charge is -2.30. The van der Waals surface area contributed by atoms with Crippen molar-refractivity contribution >= 4 is 11.6 Å². The molecule has 8 nitrogen and oxygen atoms in total. The zero-order valence-electron chi connectivity index (χ0n) is 21.6. The van der Waals surface area contributed by atoms with Gasteiger partial charge in [0.2, 0.25) is 0 Å². The van der Waals surface area contributed by atoms with Crippen LogP contribution in [-0.4, -0.2) is 71.8 Å². The fraction of sp³-hybridized carbons (Fsp3) is 0.464. The number of β-amino-alcohol motifs (C(OH)–C–C–N with tert-alkyl or cyclic N) is 1. The number of benzene rings is 2. The first-order chi connectivity index (χ1) is 18.0. The fourth-order valence-electron chi connectivity index (χ4n) is 4.46. The molecule has 200 valence electrons. The molecule has 1 atom stereocenters. The summed E-state index contributed by atoms with van der Waals surface area (Å²) in [5.74, 6) is 3.12. The van der Waals surface area contributed by atoms with Crippen molar-refractivity contribution in [1.82, 2.24) is 14.5 Å². The van der Waals surface area contributed by atoms with Crippen molar-refractivity contribution in [1.29, 1.82) is 0 Å². The third-order valence-electron chi connectivity index (χ3n) is 6.30. The third kappa shape index (κ3) is 7.85. The molecular formula is C28H36ClN3O5. The summed E-state index contributed by atoms with van der Waals surface area (Å²) in [7, 11) is 1.65. The van der Waals surface area contributed by atoms with Crippen LogP contribution in [0.1, 0.15) is 24.7 Å². The number of rotatable bonds is 12. The van der Waals surface area contributed by atoms with E-state index in [2.05, 4.69) is 21.4 Å². The summed E-state index contributed by atoms with van der Waals surface area (Å²) in [4.78, 5) is 6.53. The summed E-state index contributed by atoms with van der Waals surface area (Å²) < 4.78 is 25.3. The third-order valence-corrected chi connectivity index (χ3v) is 6.53. The molecule has 0 bridgehead atoms. The Morgan fingerprint density at radius 1 is 1.16 bits per heavy atom. The number of aliphatic hydroxyl groups is 1. The van der Waals surface area contributed by atoms with E-state index in [1.54, 1.807) is 19.2 Å². The normalized spacial score (nSPS) is 18.4. The standard InChI is InChI=1S/C28H36ClN3O5/c1-3-27-30-10-12-32(27)11-5-14-36-25-9-8-22(16-26(25)34-2)18-31-13-15-35-20-28(33,19-31)21-37-24-7-4-6-23(29)17-24/h4,6-10,12,16-17,33H,3,5,11,13-15,18-21H2,1-2H3/t28-/m1/s1. The van der Waals surface area contributed by atoms with Gasteiger partial charge in [-0.15, -0.1) is 0 Å². The average molecular weight is 530 g/mol. The van der Waals surface area contributed by atoms with Crippen molar-refractivity contribution in [3.05, 3.63) is 71.3 Å². The van der Waals surface area contributed by atoms with Gasteiger partial charge in [0, 0.05) is 50.0 Å². The van der Waals surface area contributed by atoms with E-state index >= 15 is 0 Å². The minimum absolute atomic E-state index is 0.110. The topological polar surface area (TPSA) is 78.2 Å². The van der Waals surface area contributed by atoms with Gasteiger partial charge in [0.25, 0.3) is 0 Å². The number of nitrogens with zero attached hydrogens (tertiary/aromatic N) is 3. The van der Waals surface area contributed by atoms with Crippen LogP contribution in [0.5, 0.6) is 17.2 Å². The quantitative estimate of drug-likeness (QED) is 0.352. The van der Waals surface area contributed by atoms with E-state index < -0.39 is 5.60 Å². The number of ether oxygens (including phenoxy) is 4. The van der Waals surface area contributed by atoms with Crippen molar-refractivity contribution < 1.29 is 24.1 Å². The zero-order valence-corrected chi connectivity index (χ0v) is 22.3. The van der Waals surface area contributed by atoms with Crippen LogP contribution in [0, 0.1) is 0 Å².